The summed E-state index contributed by atoms with van der Waals surface area (Å²) >= 11 is 0. The molecule has 4 rings (SSSR count). The number of nitrogens with two attached hydrogens (primary N) is 1. The molecular weight excluding hydrogens is 354 g/mol. The van der Waals surface area contributed by atoms with Gasteiger partial charge in [-0.05, 0) is 29.7 Å². The summed E-state index contributed by atoms with van der Waals surface area (Å²) in [4.78, 5) is 29.4. The summed E-state index contributed by atoms with van der Waals surface area (Å²) in [5.74, 6) is -0.0148. The van der Waals surface area contributed by atoms with Gasteiger partial charge in [0.25, 0.3) is 5.91 Å². The number of carbonyl (C=O) groups excluding carboxylic acids is 2. The number of carbonyl (C=O) groups is 2. The van der Waals surface area contributed by atoms with E-state index in [0.717, 1.165) is 17.5 Å². The smallest absolute Gasteiger partial charge is 0.290 e. The predicted molar refractivity (Wildman–Crippen MR) is 98.9 cm³/mol. The molecule has 0 radical (unpaired) electrons. The number of amides is 2. The summed E-state index contributed by atoms with van der Waals surface area (Å²) in [5.41, 5.74) is 8.14. The van der Waals surface area contributed by atoms with E-state index in [0.29, 0.717) is 26.1 Å². The molecule has 6 nitrogen and oxygen atoms in total. The molecule has 2 N–H and O–H groups in total. The molecule has 0 saturated carbocycles. The van der Waals surface area contributed by atoms with Crippen LogP contribution in [0, 0.1) is 0 Å². The van der Waals surface area contributed by atoms with Crippen molar-refractivity contribution in [1.29, 1.82) is 0 Å². The summed E-state index contributed by atoms with van der Waals surface area (Å²) in [6.07, 6.45) is 2.80. The van der Waals surface area contributed by atoms with Gasteiger partial charge in [-0.25, -0.2) is 0 Å². The zero-order chi connectivity index (χ0) is 17.4. The van der Waals surface area contributed by atoms with Gasteiger partial charge in [-0.3, -0.25) is 9.59 Å². The molecule has 1 aromatic carbocycles. The topological polar surface area (TPSA) is 79.8 Å². The normalized spacial score (nSPS) is 21.9. The Balaban J connectivity index is 0.00000196. The highest BCUT2D eigenvalue weighted by Gasteiger charge is 2.39. The van der Waals surface area contributed by atoms with E-state index in [-0.39, 0.29) is 36.0 Å². The molecule has 3 heterocycles. The van der Waals surface area contributed by atoms with Crippen molar-refractivity contribution in [2.75, 3.05) is 13.1 Å². The second-order valence-corrected chi connectivity index (χ2v) is 6.73. The number of hydrogen-bond donors (Lipinski definition) is 1. The number of likely N-dealkylation sites (tertiary alicyclic amines) is 1. The van der Waals surface area contributed by atoms with Crippen LogP contribution in [0.4, 0.5) is 0 Å². The molecule has 2 aliphatic rings. The van der Waals surface area contributed by atoms with Crippen LogP contribution < -0.4 is 5.73 Å². The lowest BCUT2D eigenvalue weighted by Crippen LogP contribution is -2.53. The fourth-order valence-corrected chi connectivity index (χ4v) is 3.70. The van der Waals surface area contributed by atoms with Gasteiger partial charge in [-0.1, -0.05) is 24.3 Å². The van der Waals surface area contributed by atoms with Crippen LogP contribution in [0.15, 0.2) is 47.1 Å². The minimum atomic E-state index is -0.516. The predicted octanol–water partition coefficient (Wildman–Crippen LogP) is 1.83. The molecule has 0 aliphatic carbocycles. The number of fused-ring (bicyclic) bond motifs is 1. The number of nitrogens with zero attached hydrogens (tertiary/aromatic N) is 2. The number of hydrogen-bond acceptors (Lipinski definition) is 4. The monoisotopic (exact) mass is 375 g/mol. The Labute approximate surface area is 158 Å². The van der Waals surface area contributed by atoms with E-state index in [2.05, 4.69) is 0 Å². The first-order valence-corrected chi connectivity index (χ1v) is 8.59. The van der Waals surface area contributed by atoms with Crippen LogP contribution >= 0.6 is 12.4 Å². The van der Waals surface area contributed by atoms with Crippen molar-refractivity contribution >= 4 is 24.2 Å². The largest absolute Gasteiger partial charge is 0.459 e. The van der Waals surface area contributed by atoms with Crippen molar-refractivity contribution in [3.8, 4) is 0 Å². The first-order valence-electron chi connectivity index (χ1n) is 8.59. The van der Waals surface area contributed by atoms with Crippen molar-refractivity contribution in [1.82, 2.24) is 9.80 Å². The van der Waals surface area contributed by atoms with E-state index in [4.69, 9.17) is 10.2 Å². The quantitative estimate of drug-likeness (QED) is 0.868. The van der Waals surface area contributed by atoms with E-state index in [1.165, 1.54) is 6.26 Å². The van der Waals surface area contributed by atoms with Crippen LogP contribution in [0.25, 0.3) is 0 Å². The molecule has 0 spiro atoms. The minimum Gasteiger partial charge on any atom is -0.459 e. The summed E-state index contributed by atoms with van der Waals surface area (Å²) in [7, 11) is 0. The molecule has 2 aromatic rings. The van der Waals surface area contributed by atoms with Gasteiger partial charge in [0.15, 0.2) is 5.76 Å². The molecule has 7 heteroatoms. The van der Waals surface area contributed by atoms with Crippen LogP contribution in [0.5, 0.6) is 0 Å². The number of furan rings is 1. The highest BCUT2D eigenvalue weighted by molar-refractivity contribution is 5.96. The van der Waals surface area contributed by atoms with Crippen LogP contribution in [0.2, 0.25) is 0 Å². The van der Waals surface area contributed by atoms with Crippen molar-refractivity contribution in [2.24, 2.45) is 5.73 Å². The standard InChI is InChI=1S/C19H21N3O3.ClH/c20-15-7-8-21(12-15)18(23)16-10-13-4-1-2-5-14(13)11-22(16)19(24)17-6-3-9-25-17;/h1-6,9,15-16H,7-8,10-12,20H2;1H/t15-,16?;/m1./s1. The second kappa shape index (κ2) is 7.51. The van der Waals surface area contributed by atoms with Crippen molar-refractivity contribution < 1.29 is 14.0 Å². The highest BCUT2D eigenvalue weighted by Crippen LogP contribution is 2.27. The molecule has 1 saturated heterocycles. The average molecular weight is 376 g/mol. The Bertz CT molecular complexity index is 793. The molecule has 1 fully saturated rings. The van der Waals surface area contributed by atoms with Gasteiger partial charge in [0.2, 0.25) is 5.91 Å². The van der Waals surface area contributed by atoms with Gasteiger partial charge in [-0.2, -0.15) is 0 Å². The Morgan fingerprint density at radius 1 is 1.12 bits per heavy atom. The SMILES string of the molecule is Cl.N[C@@H]1CCN(C(=O)C2Cc3ccccc3CN2C(=O)c2ccco2)C1. The first-order chi connectivity index (χ1) is 12.1. The van der Waals surface area contributed by atoms with E-state index in [9.17, 15) is 9.59 Å². The van der Waals surface area contributed by atoms with Crippen LogP contribution in [-0.4, -0.2) is 46.8 Å². The maximum absolute atomic E-state index is 13.1. The zero-order valence-corrected chi connectivity index (χ0v) is 15.2. The molecule has 26 heavy (non-hydrogen) atoms. The van der Waals surface area contributed by atoms with Gasteiger partial charge < -0.3 is 20.0 Å². The highest BCUT2D eigenvalue weighted by atomic mass is 35.5. The molecule has 2 amide bonds. The first kappa shape index (κ1) is 18.5. The number of halogens is 1. The average Bonchev–Trinajstić information content (AvgIpc) is 3.31. The minimum absolute atomic E-state index is 0. The summed E-state index contributed by atoms with van der Waals surface area (Å²) in [6.45, 7) is 1.62. The molecular formula is C19H22ClN3O3. The van der Waals surface area contributed by atoms with E-state index in [1.807, 2.05) is 24.3 Å². The fourth-order valence-electron chi connectivity index (χ4n) is 3.70. The molecule has 0 bridgehead atoms. The van der Waals surface area contributed by atoms with Crippen molar-refractivity contribution in [3.63, 3.8) is 0 Å². The molecule has 138 valence electrons. The van der Waals surface area contributed by atoms with Gasteiger partial charge >= 0.3 is 0 Å². The lowest BCUT2D eigenvalue weighted by molar-refractivity contribution is -0.135. The Hall–Kier alpha value is -2.31. The Kier molecular flexibility index (Phi) is 5.34. The van der Waals surface area contributed by atoms with Crippen LogP contribution in [0.1, 0.15) is 28.1 Å². The van der Waals surface area contributed by atoms with Crippen molar-refractivity contribution in [3.05, 3.63) is 59.5 Å². The second-order valence-electron chi connectivity index (χ2n) is 6.73. The number of benzene rings is 1. The van der Waals surface area contributed by atoms with Crippen molar-refractivity contribution in [2.45, 2.75) is 31.5 Å². The third-order valence-electron chi connectivity index (χ3n) is 5.06. The van der Waals surface area contributed by atoms with Crippen LogP contribution in [0.3, 0.4) is 0 Å². The fraction of sp³-hybridized carbons (Fsp3) is 0.368. The molecule has 2 atom stereocenters. The van der Waals surface area contributed by atoms with Gasteiger partial charge in [-0.15, -0.1) is 12.4 Å². The van der Waals surface area contributed by atoms with E-state index in [1.54, 1.807) is 21.9 Å². The van der Waals surface area contributed by atoms with Gasteiger partial charge in [0, 0.05) is 32.1 Å². The Morgan fingerprint density at radius 3 is 2.54 bits per heavy atom. The summed E-state index contributed by atoms with van der Waals surface area (Å²) in [5, 5.41) is 0. The maximum Gasteiger partial charge on any atom is 0.290 e. The molecule has 2 aliphatic heterocycles. The maximum atomic E-state index is 13.1. The van der Waals surface area contributed by atoms with Gasteiger partial charge in [0.05, 0.1) is 6.26 Å². The third kappa shape index (κ3) is 3.34. The Morgan fingerprint density at radius 2 is 1.88 bits per heavy atom. The summed E-state index contributed by atoms with van der Waals surface area (Å²) < 4.78 is 5.27. The third-order valence-corrected chi connectivity index (χ3v) is 5.06. The lowest BCUT2D eigenvalue weighted by Gasteiger charge is -2.37. The van der Waals surface area contributed by atoms with E-state index < -0.39 is 6.04 Å². The zero-order valence-electron chi connectivity index (χ0n) is 14.3. The molecule has 1 aromatic heterocycles. The molecule has 1 unspecified atom stereocenters. The van der Waals surface area contributed by atoms with E-state index >= 15 is 0 Å². The lowest BCUT2D eigenvalue weighted by atomic mass is 9.93. The summed E-state index contributed by atoms with van der Waals surface area (Å²) in [6, 6.07) is 10.8. The van der Waals surface area contributed by atoms with Crippen LogP contribution in [-0.2, 0) is 17.8 Å². The van der Waals surface area contributed by atoms with Gasteiger partial charge in [0.1, 0.15) is 6.04 Å². The number of rotatable bonds is 2.